The first kappa shape index (κ1) is 17.8. The number of rotatable bonds is 3. The van der Waals surface area contributed by atoms with E-state index in [9.17, 15) is 14.4 Å². The molecule has 1 aromatic rings. The fraction of sp³-hybridized carbons (Fsp3) is 0.667. The number of hydrogen-bond donors (Lipinski definition) is 0. The van der Waals surface area contributed by atoms with Gasteiger partial charge < -0.3 is 19.1 Å². The second-order valence-electron chi connectivity index (χ2n) is 8.87. The van der Waals surface area contributed by atoms with Crippen molar-refractivity contribution in [2.45, 2.75) is 44.7 Å². The topological polar surface area (TPSA) is 74.1 Å². The van der Waals surface area contributed by atoms with E-state index < -0.39 is 0 Å². The summed E-state index contributed by atoms with van der Waals surface area (Å²) in [5, 5.41) is 0. The fourth-order valence-electron chi connectivity index (χ4n) is 5.73. The number of nitrogens with zero attached hydrogens (tertiary/aromatic N) is 3. The van der Waals surface area contributed by atoms with Gasteiger partial charge in [0.1, 0.15) is 5.76 Å². The Bertz CT molecular complexity index is 777. The molecule has 7 heteroatoms. The van der Waals surface area contributed by atoms with Crippen LogP contribution in [0.3, 0.4) is 0 Å². The number of furan rings is 1. The van der Waals surface area contributed by atoms with Crippen LogP contribution in [0, 0.1) is 17.8 Å². The summed E-state index contributed by atoms with van der Waals surface area (Å²) in [5.74, 6) is 1.67. The van der Waals surface area contributed by atoms with Crippen LogP contribution in [0.4, 0.5) is 0 Å². The molecule has 0 unspecified atom stereocenters. The van der Waals surface area contributed by atoms with Gasteiger partial charge >= 0.3 is 0 Å². The summed E-state index contributed by atoms with van der Waals surface area (Å²) in [6, 6.07) is 3.96. The normalized spacial score (nSPS) is 32.6. The molecule has 0 saturated carbocycles. The molecule has 28 heavy (non-hydrogen) atoms. The molecular formula is C21H27N3O4. The lowest BCUT2D eigenvalue weighted by Crippen LogP contribution is -2.61. The minimum absolute atomic E-state index is 0.0241. The Kier molecular flexibility index (Phi) is 4.40. The summed E-state index contributed by atoms with van der Waals surface area (Å²) in [6.45, 7) is 3.14. The van der Waals surface area contributed by atoms with Crippen LogP contribution in [0.1, 0.15) is 37.9 Å². The molecule has 0 aromatic carbocycles. The zero-order chi connectivity index (χ0) is 19.3. The van der Waals surface area contributed by atoms with Gasteiger partial charge in [-0.3, -0.25) is 14.4 Å². The van der Waals surface area contributed by atoms with Gasteiger partial charge in [0.25, 0.3) is 0 Å². The van der Waals surface area contributed by atoms with Crippen molar-refractivity contribution in [1.29, 1.82) is 0 Å². The lowest BCUT2D eigenvalue weighted by atomic mass is 9.75. The quantitative estimate of drug-likeness (QED) is 0.790. The Morgan fingerprint density at radius 1 is 1.14 bits per heavy atom. The maximum Gasteiger partial charge on any atom is 0.228 e. The summed E-state index contributed by atoms with van der Waals surface area (Å²) < 4.78 is 5.34. The van der Waals surface area contributed by atoms with Crippen LogP contribution in [0.2, 0.25) is 0 Å². The fourth-order valence-corrected chi connectivity index (χ4v) is 5.73. The average Bonchev–Trinajstić information content (AvgIpc) is 3.32. The van der Waals surface area contributed by atoms with Gasteiger partial charge in [-0.25, -0.2) is 0 Å². The van der Waals surface area contributed by atoms with Crippen molar-refractivity contribution in [3.05, 3.63) is 24.2 Å². The Labute approximate surface area is 164 Å². The third kappa shape index (κ3) is 3.10. The SMILES string of the molecule is O=C1C[C@H](C(=O)N2C[C@H]3C[C@@H](C2)[C@@H]2CCCC(=O)N2C3)CN1Cc1ccco1. The summed E-state index contributed by atoms with van der Waals surface area (Å²) in [7, 11) is 0. The number of piperidine rings is 3. The number of carbonyl (C=O) groups excluding carboxylic acids is 3. The van der Waals surface area contributed by atoms with Gasteiger partial charge in [0, 0.05) is 45.1 Å². The van der Waals surface area contributed by atoms with E-state index in [1.807, 2.05) is 17.0 Å². The third-order valence-corrected chi connectivity index (χ3v) is 6.98. The van der Waals surface area contributed by atoms with Gasteiger partial charge in [0.15, 0.2) is 0 Å². The highest BCUT2D eigenvalue weighted by molar-refractivity contribution is 5.89. The van der Waals surface area contributed by atoms with Crippen LogP contribution in [0.25, 0.3) is 0 Å². The highest BCUT2D eigenvalue weighted by Gasteiger charge is 2.46. The van der Waals surface area contributed by atoms with Gasteiger partial charge in [-0.05, 0) is 43.2 Å². The molecule has 1 aromatic heterocycles. The van der Waals surface area contributed by atoms with Crippen molar-refractivity contribution in [1.82, 2.24) is 14.7 Å². The van der Waals surface area contributed by atoms with E-state index in [0.29, 0.717) is 56.3 Å². The molecule has 3 amide bonds. The van der Waals surface area contributed by atoms with Crippen molar-refractivity contribution < 1.29 is 18.8 Å². The maximum absolute atomic E-state index is 13.2. The highest BCUT2D eigenvalue weighted by Crippen LogP contribution is 2.38. The lowest BCUT2D eigenvalue weighted by molar-refractivity contribution is -0.150. The predicted octanol–water partition coefficient (Wildman–Crippen LogP) is 1.49. The minimum Gasteiger partial charge on any atom is -0.467 e. The molecule has 4 aliphatic rings. The number of hydrogen-bond acceptors (Lipinski definition) is 4. The van der Waals surface area contributed by atoms with E-state index in [2.05, 4.69) is 4.90 Å². The third-order valence-electron chi connectivity index (χ3n) is 6.98. The lowest BCUT2D eigenvalue weighted by Gasteiger charge is -2.52. The number of likely N-dealkylation sites (tertiary alicyclic amines) is 2. The summed E-state index contributed by atoms with van der Waals surface area (Å²) in [6.07, 6.45) is 5.71. The zero-order valence-electron chi connectivity index (χ0n) is 16.1. The van der Waals surface area contributed by atoms with Crippen molar-refractivity contribution in [3.8, 4) is 0 Å². The van der Waals surface area contributed by atoms with Crippen molar-refractivity contribution >= 4 is 17.7 Å². The second-order valence-corrected chi connectivity index (χ2v) is 8.87. The Morgan fingerprint density at radius 2 is 2.04 bits per heavy atom. The number of carbonyl (C=O) groups is 3. The zero-order valence-corrected chi connectivity index (χ0v) is 16.1. The van der Waals surface area contributed by atoms with Crippen LogP contribution in [-0.2, 0) is 20.9 Å². The summed E-state index contributed by atoms with van der Waals surface area (Å²) in [5.41, 5.74) is 0. The Hall–Kier alpha value is -2.31. The van der Waals surface area contributed by atoms with Crippen molar-refractivity contribution in [3.63, 3.8) is 0 Å². The molecule has 0 radical (unpaired) electrons. The van der Waals surface area contributed by atoms with Crippen LogP contribution in [0.15, 0.2) is 22.8 Å². The van der Waals surface area contributed by atoms with E-state index in [0.717, 1.165) is 38.1 Å². The van der Waals surface area contributed by atoms with Crippen LogP contribution >= 0.6 is 0 Å². The smallest absolute Gasteiger partial charge is 0.228 e. The van der Waals surface area contributed by atoms with Crippen LogP contribution in [-0.4, -0.2) is 64.6 Å². The number of amides is 3. The molecule has 5 rings (SSSR count). The van der Waals surface area contributed by atoms with E-state index in [1.54, 1.807) is 11.2 Å². The van der Waals surface area contributed by atoms with E-state index >= 15 is 0 Å². The standard InChI is InChI=1S/C21H27N3O4/c25-19-5-1-4-18-15-7-14(10-24(18)19)9-23(11-15)21(27)16-8-20(26)22(12-16)13-17-3-2-6-28-17/h2-3,6,14-16,18H,1,4-5,7-13H2/t14-,15+,16+,18+/m1/s1. The monoisotopic (exact) mass is 385 g/mol. The average molecular weight is 385 g/mol. The van der Waals surface area contributed by atoms with E-state index in [1.165, 1.54) is 0 Å². The molecule has 7 nitrogen and oxygen atoms in total. The molecular weight excluding hydrogens is 358 g/mol. The molecule has 4 saturated heterocycles. The molecule has 0 spiro atoms. The first-order chi connectivity index (χ1) is 13.6. The van der Waals surface area contributed by atoms with Gasteiger partial charge in [-0.15, -0.1) is 0 Å². The van der Waals surface area contributed by atoms with Gasteiger partial charge in [0.2, 0.25) is 17.7 Å². The Morgan fingerprint density at radius 3 is 2.86 bits per heavy atom. The highest BCUT2D eigenvalue weighted by atomic mass is 16.3. The molecule has 0 aliphatic carbocycles. The van der Waals surface area contributed by atoms with Crippen LogP contribution < -0.4 is 0 Å². The van der Waals surface area contributed by atoms with Gasteiger partial charge in [-0.1, -0.05) is 0 Å². The van der Waals surface area contributed by atoms with Crippen molar-refractivity contribution in [2.75, 3.05) is 26.2 Å². The largest absolute Gasteiger partial charge is 0.467 e. The second kappa shape index (κ2) is 6.94. The molecule has 2 bridgehead atoms. The molecule has 4 aliphatic heterocycles. The number of fused-ring (bicyclic) bond motifs is 4. The Balaban J connectivity index is 1.24. The van der Waals surface area contributed by atoms with E-state index in [4.69, 9.17) is 4.42 Å². The summed E-state index contributed by atoms with van der Waals surface area (Å²) >= 11 is 0. The van der Waals surface area contributed by atoms with E-state index in [-0.39, 0.29) is 17.7 Å². The summed E-state index contributed by atoms with van der Waals surface area (Å²) in [4.78, 5) is 43.7. The van der Waals surface area contributed by atoms with Gasteiger partial charge in [-0.2, -0.15) is 0 Å². The minimum atomic E-state index is -0.259. The molecule has 4 fully saturated rings. The first-order valence-corrected chi connectivity index (χ1v) is 10.5. The maximum atomic E-state index is 13.2. The first-order valence-electron chi connectivity index (χ1n) is 10.5. The molecule has 5 heterocycles. The molecule has 4 atom stereocenters. The molecule has 0 N–H and O–H groups in total. The van der Waals surface area contributed by atoms with Crippen LogP contribution in [0.5, 0.6) is 0 Å². The predicted molar refractivity (Wildman–Crippen MR) is 99.8 cm³/mol. The molecule has 150 valence electrons. The van der Waals surface area contributed by atoms with Gasteiger partial charge in [0.05, 0.1) is 18.7 Å². The van der Waals surface area contributed by atoms with Crippen molar-refractivity contribution in [2.24, 2.45) is 17.8 Å².